The highest BCUT2D eigenvalue weighted by Crippen LogP contribution is 1.97. The summed E-state index contributed by atoms with van der Waals surface area (Å²) in [5.41, 5.74) is 1.35. The maximum atomic E-state index is 5.61. The Kier molecular flexibility index (Phi) is 3.50. The Balaban J connectivity index is 2.79. The van der Waals surface area contributed by atoms with Crippen molar-refractivity contribution in [3.05, 3.63) is 29.8 Å². The van der Waals surface area contributed by atoms with Gasteiger partial charge in [-0.25, -0.2) is 0 Å². The average molecular weight is 179 g/mol. The molecule has 0 aliphatic carbocycles. The Morgan fingerprint density at radius 3 is 2.58 bits per heavy atom. The van der Waals surface area contributed by atoms with Gasteiger partial charge in [-0.3, -0.25) is 0 Å². The van der Waals surface area contributed by atoms with E-state index in [4.69, 9.17) is 4.43 Å². The molecule has 0 N–H and O–H groups in total. The normalized spacial score (nSPS) is 10.7. The van der Waals surface area contributed by atoms with E-state index >= 15 is 0 Å². The lowest BCUT2D eigenvalue weighted by atomic mass is 10.2. The number of benzene rings is 1. The van der Waals surface area contributed by atoms with Crippen LogP contribution in [0.15, 0.2) is 24.3 Å². The molecule has 0 saturated carbocycles. The van der Waals surface area contributed by atoms with Crippen LogP contribution in [0.2, 0.25) is 6.55 Å². The molecule has 0 aliphatic heterocycles. The molecule has 1 nitrogen and oxygen atoms in total. The molecule has 2 heteroatoms. The van der Waals surface area contributed by atoms with Crippen molar-refractivity contribution in [2.75, 3.05) is 6.61 Å². The number of hydrogen-bond acceptors (Lipinski definition) is 1. The van der Waals surface area contributed by atoms with Gasteiger partial charge in [-0.2, -0.15) is 0 Å². The Hall–Kier alpha value is -0.603. The summed E-state index contributed by atoms with van der Waals surface area (Å²) in [5, 5.41) is 1.39. The minimum atomic E-state index is -0.748. The predicted octanol–water partition coefficient (Wildman–Crippen LogP) is 1.86. The van der Waals surface area contributed by atoms with Crippen LogP contribution in [0.25, 0.3) is 0 Å². The van der Waals surface area contributed by atoms with Gasteiger partial charge in [0, 0.05) is 6.61 Å². The molecule has 0 aliphatic rings. The zero-order valence-corrected chi connectivity index (χ0v) is 8.92. The largest absolute Gasteiger partial charge is 0.412 e. The maximum Gasteiger partial charge on any atom is 0.243 e. The molecule has 0 atom stereocenters. The Morgan fingerprint density at radius 2 is 2.00 bits per heavy atom. The Labute approximate surface area is 76.1 Å². The zero-order valence-electron chi connectivity index (χ0n) is 7.92. The molecule has 0 unspecified atom stereocenters. The van der Waals surface area contributed by atoms with Gasteiger partial charge in [-0.1, -0.05) is 24.3 Å². The fourth-order valence-electron chi connectivity index (χ4n) is 1.26. The topological polar surface area (TPSA) is 9.23 Å². The van der Waals surface area contributed by atoms with Crippen molar-refractivity contribution in [2.24, 2.45) is 0 Å². The standard InChI is InChI=1S/C10H15OSi/c1-4-11-12(3)10-8-6-5-7-9(10)2/h5-8H,4H2,1-3H3. The summed E-state index contributed by atoms with van der Waals surface area (Å²) in [6.45, 7) is 7.20. The summed E-state index contributed by atoms with van der Waals surface area (Å²) in [5.74, 6) is 0. The molecule has 12 heavy (non-hydrogen) atoms. The monoisotopic (exact) mass is 179 g/mol. The van der Waals surface area contributed by atoms with Gasteiger partial charge in [-0.05, 0) is 31.1 Å². The zero-order chi connectivity index (χ0) is 8.97. The van der Waals surface area contributed by atoms with Crippen molar-refractivity contribution in [1.29, 1.82) is 0 Å². The lowest BCUT2D eigenvalue weighted by molar-refractivity contribution is 0.354. The Morgan fingerprint density at radius 1 is 1.33 bits per heavy atom. The molecular weight excluding hydrogens is 164 g/mol. The molecule has 1 radical (unpaired) electrons. The molecule has 0 fully saturated rings. The van der Waals surface area contributed by atoms with E-state index in [1.54, 1.807) is 0 Å². The van der Waals surface area contributed by atoms with E-state index in [0.29, 0.717) is 0 Å². The highest BCUT2D eigenvalue weighted by atomic mass is 28.3. The third-order valence-electron chi connectivity index (χ3n) is 1.89. The van der Waals surface area contributed by atoms with E-state index in [2.05, 4.69) is 37.7 Å². The van der Waals surface area contributed by atoms with Crippen LogP contribution in [-0.4, -0.2) is 15.6 Å². The van der Waals surface area contributed by atoms with Crippen LogP contribution in [0.4, 0.5) is 0 Å². The minimum Gasteiger partial charge on any atom is -0.412 e. The second kappa shape index (κ2) is 4.43. The highest BCUT2D eigenvalue weighted by molar-refractivity contribution is 6.66. The van der Waals surface area contributed by atoms with Crippen LogP contribution in [0, 0.1) is 6.92 Å². The molecule has 0 bridgehead atoms. The third-order valence-corrected chi connectivity index (χ3v) is 3.93. The molecular formula is C10H15OSi. The van der Waals surface area contributed by atoms with Gasteiger partial charge in [0.15, 0.2) is 0 Å². The summed E-state index contributed by atoms with van der Waals surface area (Å²) < 4.78 is 5.61. The number of hydrogen-bond donors (Lipinski definition) is 0. The second-order valence-electron chi connectivity index (χ2n) is 2.80. The summed E-state index contributed by atoms with van der Waals surface area (Å²) in [4.78, 5) is 0. The van der Waals surface area contributed by atoms with Crippen molar-refractivity contribution in [3.63, 3.8) is 0 Å². The first-order chi connectivity index (χ1) is 5.75. The van der Waals surface area contributed by atoms with E-state index in [9.17, 15) is 0 Å². The van der Waals surface area contributed by atoms with E-state index in [0.717, 1.165) is 6.61 Å². The van der Waals surface area contributed by atoms with Gasteiger partial charge in [0.2, 0.25) is 9.04 Å². The summed E-state index contributed by atoms with van der Waals surface area (Å²) >= 11 is 0. The summed E-state index contributed by atoms with van der Waals surface area (Å²) in [6.07, 6.45) is 0. The van der Waals surface area contributed by atoms with Crippen molar-refractivity contribution in [3.8, 4) is 0 Å². The quantitative estimate of drug-likeness (QED) is 0.644. The van der Waals surface area contributed by atoms with Gasteiger partial charge in [0.05, 0.1) is 0 Å². The molecule has 65 valence electrons. The van der Waals surface area contributed by atoms with Crippen molar-refractivity contribution in [1.82, 2.24) is 0 Å². The fourth-order valence-corrected chi connectivity index (χ4v) is 2.82. The molecule has 1 aromatic rings. The fraction of sp³-hybridized carbons (Fsp3) is 0.400. The van der Waals surface area contributed by atoms with Crippen LogP contribution < -0.4 is 5.19 Å². The van der Waals surface area contributed by atoms with Gasteiger partial charge in [0.25, 0.3) is 0 Å². The molecule has 1 rings (SSSR count). The van der Waals surface area contributed by atoms with Gasteiger partial charge in [0.1, 0.15) is 0 Å². The predicted molar refractivity (Wildman–Crippen MR) is 54.1 cm³/mol. The minimum absolute atomic E-state index is 0.748. The second-order valence-corrected chi connectivity index (χ2v) is 4.74. The van der Waals surface area contributed by atoms with Crippen LogP contribution in [0.5, 0.6) is 0 Å². The van der Waals surface area contributed by atoms with E-state index in [-0.39, 0.29) is 0 Å². The average Bonchev–Trinajstić information content (AvgIpc) is 2.05. The van der Waals surface area contributed by atoms with Crippen LogP contribution >= 0.6 is 0 Å². The van der Waals surface area contributed by atoms with Crippen molar-refractivity contribution >= 4 is 14.2 Å². The van der Waals surface area contributed by atoms with Crippen LogP contribution in [-0.2, 0) is 4.43 Å². The molecule has 0 amide bonds. The van der Waals surface area contributed by atoms with Crippen LogP contribution in [0.1, 0.15) is 12.5 Å². The maximum absolute atomic E-state index is 5.61. The molecule has 0 spiro atoms. The lowest BCUT2D eigenvalue weighted by Gasteiger charge is -2.11. The van der Waals surface area contributed by atoms with Gasteiger partial charge >= 0.3 is 0 Å². The van der Waals surface area contributed by atoms with Gasteiger partial charge < -0.3 is 4.43 Å². The smallest absolute Gasteiger partial charge is 0.243 e. The molecule has 0 aromatic heterocycles. The molecule has 1 aromatic carbocycles. The first-order valence-electron chi connectivity index (χ1n) is 4.28. The Bertz CT molecular complexity index is 247. The molecule has 0 saturated heterocycles. The van der Waals surface area contributed by atoms with Gasteiger partial charge in [-0.15, -0.1) is 0 Å². The number of aryl methyl sites for hydroxylation is 1. The van der Waals surface area contributed by atoms with E-state index < -0.39 is 9.04 Å². The van der Waals surface area contributed by atoms with Crippen molar-refractivity contribution < 1.29 is 4.43 Å². The third kappa shape index (κ3) is 2.19. The molecule has 0 heterocycles. The van der Waals surface area contributed by atoms with E-state index in [1.165, 1.54) is 10.8 Å². The first-order valence-corrected chi connectivity index (χ1v) is 6.19. The lowest BCUT2D eigenvalue weighted by Crippen LogP contribution is -2.32. The SMILES string of the molecule is CCO[Si](C)c1ccccc1C. The summed E-state index contributed by atoms with van der Waals surface area (Å²) in [6, 6.07) is 8.46. The van der Waals surface area contributed by atoms with E-state index in [1.807, 2.05) is 6.92 Å². The van der Waals surface area contributed by atoms with Crippen molar-refractivity contribution in [2.45, 2.75) is 20.4 Å². The summed E-state index contributed by atoms with van der Waals surface area (Å²) in [7, 11) is -0.748. The highest BCUT2D eigenvalue weighted by Gasteiger charge is 2.09. The number of rotatable bonds is 3. The van der Waals surface area contributed by atoms with Crippen LogP contribution in [0.3, 0.4) is 0 Å². The first kappa shape index (κ1) is 9.48.